The highest BCUT2D eigenvalue weighted by Crippen LogP contribution is 2.19. The molecule has 0 radical (unpaired) electrons. The van der Waals surface area contributed by atoms with Crippen molar-refractivity contribution < 1.29 is 9.18 Å². The van der Waals surface area contributed by atoms with Crippen molar-refractivity contribution in [2.75, 3.05) is 10.6 Å². The molecule has 1 amide bonds. The van der Waals surface area contributed by atoms with Gasteiger partial charge in [-0.2, -0.15) is 0 Å². The Morgan fingerprint density at radius 1 is 1.05 bits per heavy atom. The molecule has 0 fully saturated rings. The Bertz CT molecular complexity index is 596. The van der Waals surface area contributed by atoms with Gasteiger partial charge in [-0.15, -0.1) is 0 Å². The Hall–Kier alpha value is -2.36. The Morgan fingerprint density at radius 2 is 1.76 bits per heavy atom. The first-order valence-electron chi connectivity index (χ1n) is 7.10. The third-order valence-electron chi connectivity index (χ3n) is 3.04. The van der Waals surface area contributed by atoms with Gasteiger partial charge in [0.2, 0.25) is 5.91 Å². The zero-order valence-corrected chi connectivity index (χ0v) is 12.0. The van der Waals surface area contributed by atoms with Gasteiger partial charge in [0, 0.05) is 23.5 Å². The zero-order chi connectivity index (χ0) is 15.1. The van der Waals surface area contributed by atoms with Crippen LogP contribution in [0.2, 0.25) is 0 Å². The molecule has 3 nitrogen and oxygen atoms in total. The molecule has 0 saturated carbocycles. The van der Waals surface area contributed by atoms with Crippen molar-refractivity contribution in [3.63, 3.8) is 0 Å². The van der Waals surface area contributed by atoms with Crippen LogP contribution in [-0.2, 0) is 4.79 Å². The van der Waals surface area contributed by atoms with Crippen LogP contribution in [0.25, 0.3) is 0 Å². The van der Waals surface area contributed by atoms with Crippen LogP contribution in [0, 0.1) is 5.82 Å². The Kier molecular flexibility index (Phi) is 5.32. The minimum Gasteiger partial charge on any atom is -0.355 e. The summed E-state index contributed by atoms with van der Waals surface area (Å²) in [6.45, 7) is 2.06. The number of benzene rings is 2. The largest absolute Gasteiger partial charge is 0.355 e. The number of hydrogen-bond donors (Lipinski definition) is 2. The van der Waals surface area contributed by atoms with E-state index in [2.05, 4.69) is 17.6 Å². The third-order valence-corrected chi connectivity index (χ3v) is 3.04. The van der Waals surface area contributed by atoms with E-state index < -0.39 is 0 Å². The Morgan fingerprint density at radius 3 is 2.43 bits per heavy atom. The summed E-state index contributed by atoms with van der Waals surface area (Å²) in [5.74, 6) is -0.248. The van der Waals surface area contributed by atoms with Gasteiger partial charge in [0.1, 0.15) is 5.82 Å². The van der Waals surface area contributed by atoms with Gasteiger partial charge in [-0.1, -0.05) is 19.4 Å². The summed E-state index contributed by atoms with van der Waals surface area (Å²) in [6.07, 6.45) is 2.44. The van der Waals surface area contributed by atoms with E-state index in [4.69, 9.17) is 0 Å². The quantitative estimate of drug-likeness (QED) is 0.808. The fourth-order valence-electron chi connectivity index (χ4n) is 1.93. The average molecular weight is 286 g/mol. The van der Waals surface area contributed by atoms with Gasteiger partial charge in [0.15, 0.2) is 0 Å². The smallest absolute Gasteiger partial charge is 0.224 e. The Labute approximate surface area is 124 Å². The van der Waals surface area contributed by atoms with Crippen LogP contribution >= 0.6 is 0 Å². The fourth-order valence-corrected chi connectivity index (χ4v) is 1.93. The maximum Gasteiger partial charge on any atom is 0.224 e. The molecule has 0 unspecified atom stereocenters. The third kappa shape index (κ3) is 4.91. The number of nitrogens with one attached hydrogen (secondary N) is 2. The number of carbonyl (C=O) groups excluding carboxylic acids is 1. The van der Waals surface area contributed by atoms with E-state index in [9.17, 15) is 9.18 Å². The van der Waals surface area contributed by atoms with Gasteiger partial charge in [0.05, 0.1) is 0 Å². The van der Waals surface area contributed by atoms with Crippen molar-refractivity contribution >= 4 is 23.0 Å². The summed E-state index contributed by atoms with van der Waals surface area (Å²) in [5.41, 5.74) is 2.29. The van der Waals surface area contributed by atoms with Crippen molar-refractivity contribution in [2.45, 2.75) is 26.2 Å². The number of hydrogen-bond acceptors (Lipinski definition) is 2. The molecule has 0 bridgehead atoms. The maximum absolute atomic E-state index is 13.1. The number of amides is 1. The lowest BCUT2D eigenvalue weighted by Gasteiger charge is -2.08. The van der Waals surface area contributed by atoms with Gasteiger partial charge < -0.3 is 10.6 Å². The molecular formula is C17H19FN2O. The molecule has 21 heavy (non-hydrogen) atoms. The standard InChI is InChI=1S/C17H19FN2O/c1-2-3-7-17(21)20-15-10-8-14(9-11-15)19-16-6-4-5-13(18)12-16/h4-6,8-12,19H,2-3,7H2,1H3,(H,20,21). The molecular weight excluding hydrogens is 267 g/mol. The van der Waals surface area contributed by atoms with Gasteiger partial charge in [-0.3, -0.25) is 4.79 Å². The molecule has 2 rings (SSSR count). The lowest BCUT2D eigenvalue weighted by Crippen LogP contribution is -2.10. The van der Waals surface area contributed by atoms with Gasteiger partial charge >= 0.3 is 0 Å². The number of unbranched alkanes of at least 4 members (excludes halogenated alkanes) is 1. The van der Waals surface area contributed by atoms with Gasteiger partial charge in [-0.25, -0.2) is 4.39 Å². The predicted octanol–water partition coefficient (Wildman–Crippen LogP) is 4.70. The first-order chi connectivity index (χ1) is 10.2. The van der Waals surface area contributed by atoms with E-state index in [-0.39, 0.29) is 11.7 Å². The first kappa shape index (κ1) is 15.0. The average Bonchev–Trinajstić information content (AvgIpc) is 2.47. The predicted molar refractivity (Wildman–Crippen MR) is 84.3 cm³/mol. The number of carbonyl (C=O) groups is 1. The number of anilines is 3. The van der Waals surface area contributed by atoms with Crippen molar-refractivity contribution in [3.8, 4) is 0 Å². The SMILES string of the molecule is CCCCC(=O)Nc1ccc(Nc2cccc(F)c2)cc1. The molecule has 0 saturated heterocycles. The molecule has 0 spiro atoms. The van der Waals surface area contributed by atoms with Crippen molar-refractivity contribution in [1.29, 1.82) is 0 Å². The summed E-state index contributed by atoms with van der Waals surface area (Å²) < 4.78 is 13.1. The molecule has 0 atom stereocenters. The topological polar surface area (TPSA) is 41.1 Å². The van der Waals surface area contributed by atoms with Crippen molar-refractivity contribution in [1.82, 2.24) is 0 Å². The second kappa shape index (κ2) is 7.43. The van der Waals surface area contributed by atoms with Crippen LogP contribution in [0.3, 0.4) is 0 Å². The minimum atomic E-state index is -0.278. The van der Waals surface area contributed by atoms with Gasteiger partial charge in [-0.05, 0) is 48.9 Å². The van der Waals surface area contributed by atoms with E-state index in [1.54, 1.807) is 12.1 Å². The van der Waals surface area contributed by atoms with E-state index in [1.807, 2.05) is 24.3 Å². The van der Waals surface area contributed by atoms with Crippen LogP contribution in [0.1, 0.15) is 26.2 Å². The van der Waals surface area contributed by atoms with Crippen LogP contribution in [0.4, 0.5) is 21.5 Å². The maximum atomic E-state index is 13.1. The molecule has 4 heteroatoms. The molecule has 0 aliphatic heterocycles. The summed E-state index contributed by atoms with van der Waals surface area (Å²) in [7, 11) is 0. The fraction of sp³-hybridized carbons (Fsp3) is 0.235. The second-order valence-electron chi connectivity index (χ2n) is 4.86. The van der Waals surface area contributed by atoms with E-state index in [1.165, 1.54) is 12.1 Å². The summed E-state index contributed by atoms with van der Waals surface area (Å²) in [4.78, 5) is 11.6. The van der Waals surface area contributed by atoms with E-state index in [0.717, 1.165) is 24.2 Å². The molecule has 110 valence electrons. The normalized spacial score (nSPS) is 10.2. The Balaban J connectivity index is 1.94. The van der Waals surface area contributed by atoms with Crippen LogP contribution < -0.4 is 10.6 Å². The van der Waals surface area contributed by atoms with Gasteiger partial charge in [0.25, 0.3) is 0 Å². The first-order valence-corrected chi connectivity index (χ1v) is 7.10. The highest BCUT2D eigenvalue weighted by atomic mass is 19.1. The monoisotopic (exact) mass is 286 g/mol. The highest BCUT2D eigenvalue weighted by molar-refractivity contribution is 5.90. The van der Waals surface area contributed by atoms with Crippen LogP contribution in [0.15, 0.2) is 48.5 Å². The van der Waals surface area contributed by atoms with E-state index in [0.29, 0.717) is 12.1 Å². The molecule has 0 aromatic heterocycles. The summed E-state index contributed by atoms with van der Waals surface area (Å²) in [5, 5.41) is 5.96. The molecule has 2 N–H and O–H groups in total. The minimum absolute atomic E-state index is 0.0303. The number of halogens is 1. The van der Waals surface area contributed by atoms with Crippen LogP contribution in [-0.4, -0.2) is 5.91 Å². The molecule has 0 aliphatic rings. The summed E-state index contributed by atoms with van der Waals surface area (Å²) >= 11 is 0. The molecule has 0 aliphatic carbocycles. The summed E-state index contributed by atoms with van der Waals surface area (Å²) in [6, 6.07) is 13.6. The molecule has 2 aromatic carbocycles. The number of rotatable bonds is 6. The lowest BCUT2D eigenvalue weighted by atomic mass is 10.2. The zero-order valence-electron chi connectivity index (χ0n) is 12.0. The molecule has 2 aromatic rings. The van der Waals surface area contributed by atoms with E-state index >= 15 is 0 Å². The van der Waals surface area contributed by atoms with Crippen molar-refractivity contribution in [3.05, 3.63) is 54.3 Å². The lowest BCUT2D eigenvalue weighted by molar-refractivity contribution is -0.116. The second-order valence-corrected chi connectivity index (χ2v) is 4.86. The van der Waals surface area contributed by atoms with Crippen molar-refractivity contribution in [2.24, 2.45) is 0 Å². The molecule has 0 heterocycles. The highest BCUT2D eigenvalue weighted by Gasteiger charge is 2.02. The van der Waals surface area contributed by atoms with Crippen LogP contribution in [0.5, 0.6) is 0 Å².